The van der Waals surface area contributed by atoms with Gasteiger partial charge in [0.25, 0.3) is 0 Å². The van der Waals surface area contributed by atoms with Gasteiger partial charge in [0.05, 0.1) is 17.7 Å². The Kier molecular flexibility index (Phi) is 3.36. The Labute approximate surface area is 132 Å². The van der Waals surface area contributed by atoms with E-state index >= 15 is 0 Å². The predicted molar refractivity (Wildman–Crippen MR) is 84.5 cm³/mol. The van der Waals surface area contributed by atoms with Crippen LogP contribution in [0, 0.1) is 0 Å². The number of hydrogen-bond donors (Lipinski definition) is 0. The van der Waals surface area contributed by atoms with Gasteiger partial charge in [-0.2, -0.15) is 5.10 Å². The van der Waals surface area contributed by atoms with Crippen LogP contribution in [0.2, 0.25) is 0 Å². The normalized spacial score (nSPS) is 32.3. The van der Waals surface area contributed by atoms with Crippen molar-refractivity contribution in [3.63, 3.8) is 0 Å². The van der Waals surface area contributed by atoms with Crippen LogP contribution in [0.15, 0.2) is 6.20 Å². The Bertz CT molecular complexity index is 680. The van der Waals surface area contributed by atoms with Gasteiger partial charge in [0, 0.05) is 55.9 Å². The van der Waals surface area contributed by atoms with Crippen molar-refractivity contribution in [3.8, 4) is 0 Å². The zero-order valence-electron chi connectivity index (χ0n) is 13.3. The van der Waals surface area contributed by atoms with Gasteiger partial charge in [-0.25, -0.2) is 8.42 Å². The maximum Gasteiger partial charge on any atom is 0.153 e. The van der Waals surface area contributed by atoms with Gasteiger partial charge >= 0.3 is 0 Å². The van der Waals surface area contributed by atoms with Crippen molar-refractivity contribution in [1.82, 2.24) is 19.6 Å². The maximum absolute atomic E-state index is 12.1. The Balaban J connectivity index is 1.58. The molecule has 122 valence electrons. The molecule has 3 fully saturated rings. The highest BCUT2D eigenvalue weighted by Gasteiger charge is 2.45. The van der Waals surface area contributed by atoms with E-state index in [1.54, 1.807) is 0 Å². The number of hydrogen-bond acceptors (Lipinski definition) is 5. The number of aromatic nitrogens is 2. The fraction of sp³-hybridized carbons (Fsp3) is 0.800. The van der Waals surface area contributed by atoms with Gasteiger partial charge in [0.2, 0.25) is 0 Å². The molecule has 0 radical (unpaired) electrons. The number of sulfone groups is 1. The van der Waals surface area contributed by atoms with E-state index in [2.05, 4.69) is 21.9 Å². The summed E-state index contributed by atoms with van der Waals surface area (Å²) < 4.78 is 26.1. The molecular formula is C15H24N4O2S. The molecular weight excluding hydrogens is 300 g/mol. The molecule has 6 nitrogen and oxygen atoms in total. The first-order valence-electron chi connectivity index (χ1n) is 8.10. The van der Waals surface area contributed by atoms with Gasteiger partial charge in [-0.3, -0.25) is 14.5 Å². The lowest BCUT2D eigenvalue weighted by molar-refractivity contribution is 0.0571. The average molecular weight is 324 g/mol. The molecule has 3 heterocycles. The zero-order chi connectivity index (χ0) is 15.5. The fourth-order valence-corrected chi connectivity index (χ4v) is 6.20. The highest BCUT2D eigenvalue weighted by molar-refractivity contribution is 7.91. The number of piperazine rings is 1. The van der Waals surface area contributed by atoms with Crippen molar-refractivity contribution >= 4 is 9.84 Å². The van der Waals surface area contributed by atoms with Crippen molar-refractivity contribution in [2.24, 2.45) is 7.05 Å². The van der Waals surface area contributed by atoms with E-state index in [1.807, 2.05) is 17.9 Å². The van der Waals surface area contributed by atoms with E-state index in [-0.39, 0.29) is 12.1 Å². The minimum Gasteiger partial charge on any atom is -0.300 e. The van der Waals surface area contributed by atoms with Crippen LogP contribution in [-0.4, -0.2) is 71.7 Å². The summed E-state index contributed by atoms with van der Waals surface area (Å²) in [5, 5.41) is 4.43. The summed E-state index contributed by atoms with van der Waals surface area (Å²) in [5.41, 5.74) is 2.65. The summed E-state index contributed by atoms with van der Waals surface area (Å²) in [6.45, 7) is 2.71. The number of likely N-dealkylation sites (N-methyl/N-ethyl adjacent to an activating group) is 1. The van der Waals surface area contributed by atoms with Crippen LogP contribution >= 0.6 is 0 Å². The summed E-state index contributed by atoms with van der Waals surface area (Å²) in [6, 6.07) is 0.288. The van der Waals surface area contributed by atoms with Crippen LogP contribution in [0.1, 0.15) is 30.0 Å². The van der Waals surface area contributed by atoms with Gasteiger partial charge in [-0.1, -0.05) is 0 Å². The van der Waals surface area contributed by atoms with Crippen molar-refractivity contribution in [1.29, 1.82) is 0 Å². The molecule has 0 spiro atoms. The highest BCUT2D eigenvalue weighted by Crippen LogP contribution is 2.42. The molecule has 3 aliphatic rings. The van der Waals surface area contributed by atoms with Gasteiger partial charge in [0.1, 0.15) is 0 Å². The molecule has 1 aliphatic carbocycles. The van der Waals surface area contributed by atoms with Crippen LogP contribution in [0.4, 0.5) is 0 Å². The van der Waals surface area contributed by atoms with Crippen molar-refractivity contribution < 1.29 is 8.42 Å². The molecule has 2 aliphatic heterocycles. The van der Waals surface area contributed by atoms with Gasteiger partial charge in [0.15, 0.2) is 9.84 Å². The standard InChI is InChI=1S/C15H24N4O2S/c1-17-5-6-19(14-10-22(20,21)9-13(14)17)8-12-7-16-18(2)15(12)11-3-4-11/h7,11,13-14H,3-6,8-10H2,1-2H3/t13-,14+/m0/s1. The zero-order valence-corrected chi connectivity index (χ0v) is 14.1. The molecule has 1 saturated carbocycles. The molecule has 1 aromatic heterocycles. The van der Waals surface area contributed by atoms with Crippen LogP contribution < -0.4 is 0 Å². The van der Waals surface area contributed by atoms with Crippen LogP contribution in [-0.2, 0) is 23.4 Å². The molecule has 1 aromatic rings. The fourth-order valence-electron chi connectivity index (χ4n) is 4.11. The van der Waals surface area contributed by atoms with Gasteiger partial charge in [-0.15, -0.1) is 0 Å². The second kappa shape index (κ2) is 5.04. The molecule has 0 unspecified atom stereocenters. The lowest BCUT2D eigenvalue weighted by Gasteiger charge is -2.42. The summed E-state index contributed by atoms with van der Waals surface area (Å²) in [6.07, 6.45) is 4.50. The third-order valence-electron chi connectivity index (χ3n) is 5.47. The minimum absolute atomic E-state index is 0.135. The van der Waals surface area contributed by atoms with Crippen LogP contribution in [0.25, 0.3) is 0 Å². The maximum atomic E-state index is 12.1. The average Bonchev–Trinajstić information content (AvgIpc) is 3.13. The monoisotopic (exact) mass is 324 g/mol. The number of rotatable bonds is 3. The molecule has 0 amide bonds. The molecule has 0 N–H and O–H groups in total. The Morgan fingerprint density at radius 3 is 2.64 bits per heavy atom. The van der Waals surface area contributed by atoms with Crippen molar-refractivity contribution in [2.75, 3.05) is 31.6 Å². The van der Waals surface area contributed by atoms with Crippen LogP contribution in [0.5, 0.6) is 0 Å². The number of nitrogens with zero attached hydrogens (tertiary/aromatic N) is 4. The van der Waals surface area contributed by atoms with Crippen molar-refractivity contribution in [2.45, 2.75) is 37.4 Å². The minimum atomic E-state index is -2.90. The summed E-state index contributed by atoms with van der Waals surface area (Å²) in [7, 11) is 1.17. The van der Waals surface area contributed by atoms with Gasteiger partial charge in [-0.05, 0) is 19.9 Å². The predicted octanol–water partition coefficient (Wildman–Crippen LogP) is 0.211. The second-order valence-electron chi connectivity index (χ2n) is 7.12. The topological polar surface area (TPSA) is 58.4 Å². The van der Waals surface area contributed by atoms with Crippen molar-refractivity contribution in [3.05, 3.63) is 17.5 Å². The molecule has 7 heteroatoms. The van der Waals surface area contributed by atoms with E-state index in [1.165, 1.54) is 24.1 Å². The molecule has 2 saturated heterocycles. The summed E-state index contributed by atoms with van der Waals surface area (Å²) in [4.78, 5) is 4.59. The van der Waals surface area contributed by atoms with E-state index in [9.17, 15) is 8.42 Å². The summed E-state index contributed by atoms with van der Waals surface area (Å²) >= 11 is 0. The van der Waals surface area contributed by atoms with E-state index in [4.69, 9.17) is 0 Å². The molecule has 4 rings (SSSR count). The Hall–Kier alpha value is -0.920. The lowest BCUT2D eigenvalue weighted by Crippen LogP contribution is -2.57. The number of aryl methyl sites for hydroxylation is 1. The van der Waals surface area contributed by atoms with Gasteiger partial charge < -0.3 is 0 Å². The third kappa shape index (κ3) is 2.49. The SMILES string of the molecule is CN1CCN(Cc2cnn(C)c2C2CC2)[C@@H]2CS(=O)(=O)C[C@@H]21. The lowest BCUT2D eigenvalue weighted by atomic mass is 10.0. The largest absolute Gasteiger partial charge is 0.300 e. The Morgan fingerprint density at radius 2 is 1.91 bits per heavy atom. The first kappa shape index (κ1) is 14.7. The van der Waals surface area contributed by atoms with E-state index in [0.717, 1.165) is 19.6 Å². The first-order chi connectivity index (χ1) is 10.4. The van der Waals surface area contributed by atoms with E-state index < -0.39 is 9.84 Å². The number of fused-ring (bicyclic) bond motifs is 1. The molecule has 2 atom stereocenters. The van der Waals surface area contributed by atoms with Crippen LogP contribution in [0.3, 0.4) is 0 Å². The highest BCUT2D eigenvalue weighted by atomic mass is 32.2. The third-order valence-corrected chi connectivity index (χ3v) is 7.17. The first-order valence-corrected chi connectivity index (χ1v) is 9.92. The quantitative estimate of drug-likeness (QED) is 0.795. The molecule has 22 heavy (non-hydrogen) atoms. The van der Waals surface area contributed by atoms with E-state index in [0.29, 0.717) is 17.4 Å². The summed E-state index contributed by atoms with van der Waals surface area (Å²) in [5.74, 6) is 1.28. The smallest absolute Gasteiger partial charge is 0.153 e. The second-order valence-corrected chi connectivity index (χ2v) is 9.27. The molecule has 0 bridgehead atoms. The Morgan fingerprint density at radius 1 is 1.18 bits per heavy atom. The molecule has 0 aromatic carbocycles.